The molecule has 1 aromatic heterocycles. The molecule has 1 N–H and O–H groups in total. The summed E-state index contributed by atoms with van der Waals surface area (Å²) in [6.45, 7) is 0.0528. The molecule has 0 aromatic carbocycles. The van der Waals surface area contributed by atoms with Crippen molar-refractivity contribution in [2.24, 2.45) is 0 Å². The van der Waals surface area contributed by atoms with E-state index in [1.807, 2.05) is 11.4 Å². The second-order valence-electron chi connectivity index (χ2n) is 1.56. The van der Waals surface area contributed by atoms with Gasteiger partial charge in [-0.05, 0) is 11.4 Å². The molecule has 0 aliphatic heterocycles. The van der Waals surface area contributed by atoms with Crippen LogP contribution in [0.1, 0.15) is 10.4 Å². The van der Waals surface area contributed by atoms with E-state index in [9.17, 15) is 0 Å². The van der Waals surface area contributed by atoms with Gasteiger partial charge in [-0.1, -0.05) is 5.92 Å². The Labute approximate surface area is 58.0 Å². The normalized spacial score (nSPS) is 8.89. The number of rotatable bonds is 1. The molecule has 9 heavy (non-hydrogen) atoms. The van der Waals surface area contributed by atoms with E-state index in [1.54, 1.807) is 0 Å². The minimum absolute atomic E-state index is 0.0528. The lowest BCUT2D eigenvalue weighted by Crippen LogP contribution is -1.78. The molecule has 0 amide bonds. The number of aliphatic hydroxyl groups is 1. The third-order valence-electron chi connectivity index (χ3n) is 1.04. The monoisotopic (exact) mass is 138 g/mol. The molecule has 0 fully saturated rings. The van der Waals surface area contributed by atoms with Crippen molar-refractivity contribution in [3.05, 3.63) is 21.9 Å². The maximum atomic E-state index is 8.65. The van der Waals surface area contributed by atoms with Crippen molar-refractivity contribution in [2.75, 3.05) is 0 Å². The van der Waals surface area contributed by atoms with Crippen molar-refractivity contribution in [2.45, 2.75) is 6.61 Å². The van der Waals surface area contributed by atoms with Gasteiger partial charge in [0.15, 0.2) is 0 Å². The van der Waals surface area contributed by atoms with Gasteiger partial charge in [0.1, 0.15) is 0 Å². The van der Waals surface area contributed by atoms with Crippen molar-refractivity contribution in [1.82, 2.24) is 0 Å². The summed E-state index contributed by atoms with van der Waals surface area (Å²) in [5, 5.41) is 10.5. The minimum atomic E-state index is 0.0528. The Morgan fingerprint density at radius 3 is 3.00 bits per heavy atom. The molecular weight excluding hydrogens is 132 g/mol. The third kappa shape index (κ3) is 1.13. The Bertz CT molecular complexity index is 231. The first-order chi connectivity index (χ1) is 4.38. The molecule has 0 aliphatic carbocycles. The van der Waals surface area contributed by atoms with E-state index in [0.29, 0.717) is 0 Å². The van der Waals surface area contributed by atoms with Crippen molar-refractivity contribution >= 4 is 11.3 Å². The maximum Gasteiger partial charge on any atom is 0.0787 e. The minimum Gasteiger partial charge on any atom is -0.391 e. The summed E-state index contributed by atoms with van der Waals surface area (Å²) in [5.41, 5.74) is 0.808. The van der Waals surface area contributed by atoms with Gasteiger partial charge in [-0.25, -0.2) is 0 Å². The molecule has 2 heteroatoms. The van der Waals surface area contributed by atoms with E-state index in [-0.39, 0.29) is 6.61 Å². The molecule has 0 radical (unpaired) electrons. The lowest BCUT2D eigenvalue weighted by Gasteiger charge is -1.86. The molecule has 0 unspecified atom stereocenters. The predicted octanol–water partition coefficient (Wildman–Crippen LogP) is 1.22. The summed E-state index contributed by atoms with van der Waals surface area (Å²) in [6.07, 6.45) is 5.12. The van der Waals surface area contributed by atoms with Gasteiger partial charge in [-0.15, -0.1) is 17.8 Å². The van der Waals surface area contributed by atoms with Crippen LogP contribution < -0.4 is 0 Å². The lowest BCUT2D eigenvalue weighted by molar-refractivity contribution is 0.285. The molecule has 1 heterocycles. The Morgan fingerprint density at radius 2 is 2.56 bits per heavy atom. The van der Waals surface area contributed by atoms with Gasteiger partial charge in [0.2, 0.25) is 0 Å². The highest BCUT2D eigenvalue weighted by molar-refractivity contribution is 7.10. The van der Waals surface area contributed by atoms with Crippen LogP contribution in [0.4, 0.5) is 0 Å². The van der Waals surface area contributed by atoms with E-state index in [2.05, 4.69) is 5.92 Å². The van der Waals surface area contributed by atoms with Crippen LogP contribution in [0.25, 0.3) is 0 Å². The smallest absolute Gasteiger partial charge is 0.0787 e. The molecule has 1 rings (SSSR count). The van der Waals surface area contributed by atoms with E-state index >= 15 is 0 Å². The molecule has 46 valence electrons. The topological polar surface area (TPSA) is 20.2 Å². The zero-order valence-electron chi connectivity index (χ0n) is 4.79. The van der Waals surface area contributed by atoms with Crippen molar-refractivity contribution in [3.8, 4) is 12.3 Å². The number of aliphatic hydroxyl groups excluding tert-OH is 1. The lowest BCUT2D eigenvalue weighted by atomic mass is 10.3. The molecule has 0 bridgehead atoms. The van der Waals surface area contributed by atoms with Gasteiger partial charge < -0.3 is 5.11 Å². The summed E-state index contributed by atoms with van der Waals surface area (Å²) < 4.78 is 0. The van der Waals surface area contributed by atoms with Crippen molar-refractivity contribution in [3.63, 3.8) is 0 Å². The Hall–Kier alpha value is -0.780. The van der Waals surface area contributed by atoms with Gasteiger partial charge in [0.05, 0.1) is 6.61 Å². The van der Waals surface area contributed by atoms with Crippen LogP contribution in [0.15, 0.2) is 11.4 Å². The van der Waals surface area contributed by atoms with Crippen LogP contribution in [0.3, 0.4) is 0 Å². The highest BCUT2D eigenvalue weighted by Gasteiger charge is 1.96. The maximum absolute atomic E-state index is 8.65. The third-order valence-corrected chi connectivity index (χ3v) is 1.95. The van der Waals surface area contributed by atoms with E-state index in [1.165, 1.54) is 11.3 Å². The van der Waals surface area contributed by atoms with Gasteiger partial charge in [0.25, 0.3) is 0 Å². The fraction of sp³-hybridized carbons (Fsp3) is 0.143. The standard InChI is InChI=1S/C7H6OS/c1-2-6-3-4-9-7(6)5-8/h1,3-4,8H,5H2. The van der Waals surface area contributed by atoms with Crippen LogP contribution in [0, 0.1) is 12.3 Å². The average molecular weight is 138 g/mol. The number of hydrogen-bond acceptors (Lipinski definition) is 2. The quantitative estimate of drug-likeness (QED) is 0.578. The van der Waals surface area contributed by atoms with Crippen LogP contribution in [-0.2, 0) is 6.61 Å². The van der Waals surface area contributed by atoms with Crippen molar-refractivity contribution < 1.29 is 5.11 Å². The van der Waals surface area contributed by atoms with Crippen LogP contribution in [-0.4, -0.2) is 5.11 Å². The molecular formula is C7H6OS. The van der Waals surface area contributed by atoms with Gasteiger partial charge in [0, 0.05) is 10.4 Å². The summed E-state index contributed by atoms with van der Waals surface area (Å²) >= 11 is 1.48. The average Bonchev–Trinajstić information content (AvgIpc) is 2.33. The second-order valence-corrected chi connectivity index (χ2v) is 2.56. The number of terminal acetylenes is 1. The summed E-state index contributed by atoms with van der Waals surface area (Å²) in [6, 6.07) is 1.83. The molecule has 0 saturated heterocycles. The van der Waals surface area contributed by atoms with Crippen LogP contribution in [0.5, 0.6) is 0 Å². The van der Waals surface area contributed by atoms with E-state index < -0.39 is 0 Å². The molecule has 0 aliphatic rings. The zero-order valence-corrected chi connectivity index (χ0v) is 5.61. The highest BCUT2D eigenvalue weighted by atomic mass is 32.1. The first kappa shape index (κ1) is 6.34. The highest BCUT2D eigenvalue weighted by Crippen LogP contribution is 2.14. The fourth-order valence-corrected chi connectivity index (χ4v) is 1.29. The van der Waals surface area contributed by atoms with Crippen LogP contribution in [0.2, 0.25) is 0 Å². The Kier molecular flexibility index (Phi) is 1.88. The van der Waals surface area contributed by atoms with Crippen LogP contribution >= 0.6 is 11.3 Å². The second kappa shape index (κ2) is 2.67. The van der Waals surface area contributed by atoms with Gasteiger partial charge >= 0.3 is 0 Å². The number of hydrogen-bond donors (Lipinski definition) is 1. The molecule has 0 atom stereocenters. The van der Waals surface area contributed by atoms with Crippen molar-refractivity contribution in [1.29, 1.82) is 0 Å². The first-order valence-electron chi connectivity index (χ1n) is 2.52. The Morgan fingerprint density at radius 1 is 1.78 bits per heavy atom. The summed E-state index contributed by atoms with van der Waals surface area (Å²) in [5.74, 6) is 2.48. The number of thiophene rings is 1. The Balaban J connectivity index is 3.02. The van der Waals surface area contributed by atoms with E-state index in [0.717, 1.165) is 10.4 Å². The zero-order chi connectivity index (χ0) is 6.69. The summed E-state index contributed by atoms with van der Waals surface area (Å²) in [4.78, 5) is 0.873. The molecule has 0 spiro atoms. The first-order valence-corrected chi connectivity index (χ1v) is 3.40. The van der Waals surface area contributed by atoms with Gasteiger partial charge in [-0.2, -0.15) is 0 Å². The molecule has 0 saturated carbocycles. The fourth-order valence-electron chi connectivity index (χ4n) is 0.592. The SMILES string of the molecule is C#Cc1ccsc1CO. The summed E-state index contributed by atoms with van der Waals surface area (Å²) in [7, 11) is 0. The van der Waals surface area contributed by atoms with E-state index in [4.69, 9.17) is 11.5 Å². The van der Waals surface area contributed by atoms with Gasteiger partial charge in [-0.3, -0.25) is 0 Å². The molecule has 1 nitrogen and oxygen atoms in total. The molecule has 1 aromatic rings. The predicted molar refractivity (Wildman–Crippen MR) is 38.2 cm³/mol. The largest absolute Gasteiger partial charge is 0.391 e.